The summed E-state index contributed by atoms with van der Waals surface area (Å²) in [6.45, 7) is 7.48. The zero-order valence-corrected chi connectivity index (χ0v) is 12.6. The second-order valence-electron chi connectivity index (χ2n) is 4.42. The summed E-state index contributed by atoms with van der Waals surface area (Å²) in [6, 6.07) is 3.38. The molecule has 1 aromatic rings. The first-order valence-corrected chi connectivity index (χ1v) is 7.13. The second kappa shape index (κ2) is 7.68. The van der Waals surface area contributed by atoms with Crippen LogP contribution in [0.15, 0.2) is 30.6 Å². The van der Waals surface area contributed by atoms with Crippen LogP contribution >= 0.6 is 0 Å². The molecule has 0 N–H and O–H groups in total. The van der Waals surface area contributed by atoms with E-state index in [4.69, 9.17) is 8.83 Å². The first-order valence-electron chi connectivity index (χ1n) is 7.13. The lowest BCUT2D eigenvalue weighted by molar-refractivity contribution is 0.445. The van der Waals surface area contributed by atoms with Gasteiger partial charge in [-0.15, -0.1) is 0 Å². The van der Waals surface area contributed by atoms with Crippen molar-refractivity contribution >= 4 is 0 Å². The van der Waals surface area contributed by atoms with Gasteiger partial charge in [0, 0.05) is 24.0 Å². The van der Waals surface area contributed by atoms with Gasteiger partial charge in [-0.05, 0) is 25.0 Å². The van der Waals surface area contributed by atoms with Gasteiger partial charge in [-0.2, -0.15) is 0 Å². The van der Waals surface area contributed by atoms with Gasteiger partial charge < -0.3 is 8.83 Å². The predicted octanol–water partition coefficient (Wildman–Crippen LogP) is 2.97. The van der Waals surface area contributed by atoms with Gasteiger partial charge in [-0.3, -0.25) is 0 Å². The SMILES string of the molecule is CCc1ccc(CC)oc(=O)c(CC)c(CC)c(=O)o1. The van der Waals surface area contributed by atoms with Gasteiger partial charge in [0.05, 0.1) is 0 Å². The third kappa shape index (κ3) is 3.83. The van der Waals surface area contributed by atoms with Crippen LogP contribution in [-0.2, 0) is 25.7 Å². The van der Waals surface area contributed by atoms with E-state index in [1.165, 1.54) is 0 Å². The van der Waals surface area contributed by atoms with Gasteiger partial charge in [-0.25, -0.2) is 9.59 Å². The molecule has 0 unspecified atom stereocenters. The van der Waals surface area contributed by atoms with Gasteiger partial charge in [0.25, 0.3) is 0 Å². The number of aryl methyl sites for hydroxylation is 2. The van der Waals surface area contributed by atoms with Crippen LogP contribution in [0.3, 0.4) is 0 Å². The molecule has 0 aromatic carbocycles. The molecule has 0 amide bonds. The molecule has 0 aliphatic carbocycles. The van der Waals surface area contributed by atoms with Gasteiger partial charge in [-0.1, -0.05) is 27.7 Å². The topological polar surface area (TPSA) is 60.4 Å². The molecule has 0 fully saturated rings. The highest BCUT2D eigenvalue weighted by Crippen LogP contribution is 2.03. The number of hydrogen-bond donors (Lipinski definition) is 0. The van der Waals surface area contributed by atoms with Crippen molar-refractivity contribution in [1.29, 1.82) is 0 Å². The molecule has 0 bridgehead atoms. The highest BCUT2D eigenvalue weighted by Gasteiger charge is 2.08. The Hall–Kier alpha value is -1.84. The van der Waals surface area contributed by atoms with Crippen molar-refractivity contribution in [3.63, 3.8) is 0 Å². The number of rotatable bonds is 4. The highest BCUT2D eigenvalue weighted by atomic mass is 16.4. The summed E-state index contributed by atoms with van der Waals surface area (Å²) in [7, 11) is 0. The summed E-state index contributed by atoms with van der Waals surface area (Å²) >= 11 is 0. The summed E-state index contributed by atoms with van der Waals surface area (Å²) in [5.74, 6) is 1.14. The fourth-order valence-electron chi connectivity index (χ4n) is 1.96. The molecule has 0 aliphatic heterocycles. The van der Waals surface area contributed by atoms with Crippen molar-refractivity contribution in [3.05, 3.63) is 55.6 Å². The van der Waals surface area contributed by atoms with E-state index in [1.54, 1.807) is 12.1 Å². The Morgan fingerprint density at radius 3 is 1.30 bits per heavy atom. The zero-order chi connectivity index (χ0) is 15.1. The van der Waals surface area contributed by atoms with Crippen molar-refractivity contribution in [1.82, 2.24) is 0 Å². The molecule has 0 atom stereocenters. The summed E-state index contributed by atoms with van der Waals surface area (Å²) in [5, 5.41) is 0. The van der Waals surface area contributed by atoms with E-state index in [0.29, 0.717) is 48.3 Å². The van der Waals surface area contributed by atoms with Crippen LogP contribution < -0.4 is 11.3 Å². The Bertz CT molecular complexity index is 566. The van der Waals surface area contributed by atoms with Crippen molar-refractivity contribution < 1.29 is 8.83 Å². The number of hydrogen-bond acceptors (Lipinski definition) is 4. The smallest absolute Gasteiger partial charge is 0.339 e. The Kier molecular flexibility index (Phi) is 6.22. The third-order valence-corrected chi connectivity index (χ3v) is 3.16. The molecule has 0 saturated carbocycles. The molecule has 1 heterocycles. The van der Waals surface area contributed by atoms with E-state index in [-0.39, 0.29) is 0 Å². The average molecular weight is 278 g/mol. The first kappa shape index (κ1) is 16.2. The third-order valence-electron chi connectivity index (χ3n) is 3.16. The maximum atomic E-state index is 12.1. The largest absolute Gasteiger partial charge is 0.428 e. The summed E-state index contributed by atoms with van der Waals surface area (Å²) in [6.07, 6.45) is 2.09. The van der Waals surface area contributed by atoms with E-state index in [1.807, 2.05) is 27.7 Å². The Morgan fingerprint density at radius 2 is 1.05 bits per heavy atom. The highest BCUT2D eigenvalue weighted by molar-refractivity contribution is 5.19. The summed E-state index contributed by atoms with van der Waals surface area (Å²) in [5.41, 5.74) is -0.117. The van der Waals surface area contributed by atoms with E-state index in [0.717, 1.165) is 0 Å². The lowest BCUT2D eigenvalue weighted by Crippen LogP contribution is -2.16. The molecular formula is C16H22O4. The van der Waals surface area contributed by atoms with Crippen LogP contribution in [0.2, 0.25) is 0 Å². The van der Waals surface area contributed by atoms with E-state index in [9.17, 15) is 9.59 Å². The molecule has 1 rings (SSSR count). The maximum absolute atomic E-state index is 12.1. The molecule has 20 heavy (non-hydrogen) atoms. The Labute approximate surface area is 118 Å². The molecule has 4 nitrogen and oxygen atoms in total. The molecule has 110 valence electrons. The average Bonchev–Trinajstić information content (AvgIpc) is 2.45. The van der Waals surface area contributed by atoms with E-state index < -0.39 is 11.3 Å². The van der Waals surface area contributed by atoms with Crippen molar-refractivity contribution in [3.8, 4) is 0 Å². The quantitative estimate of drug-likeness (QED) is 0.849. The lowest BCUT2D eigenvalue weighted by atomic mass is 10.1. The van der Waals surface area contributed by atoms with Crippen molar-refractivity contribution in [2.75, 3.05) is 0 Å². The van der Waals surface area contributed by atoms with Gasteiger partial charge in [0.1, 0.15) is 11.5 Å². The minimum Gasteiger partial charge on any atom is -0.428 e. The molecule has 0 spiro atoms. The Morgan fingerprint density at radius 1 is 0.700 bits per heavy atom. The van der Waals surface area contributed by atoms with Crippen LogP contribution in [0.25, 0.3) is 0 Å². The normalized spacial score (nSPS) is 10.2. The minimum absolute atomic E-state index is 0.397. The van der Waals surface area contributed by atoms with Crippen LogP contribution in [0, 0.1) is 0 Å². The van der Waals surface area contributed by atoms with Gasteiger partial charge >= 0.3 is 11.3 Å². The minimum atomic E-state index is -0.456. The Balaban J connectivity index is 3.91. The summed E-state index contributed by atoms with van der Waals surface area (Å²) < 4.78 is 10.7. The maximum Gasteiger partial charge on any atom is 0.339 e. The van der Waals surface area contributed by atoms with E-state index >= 15 is 0 Å². The van der Waals surface area contributed by atoms with Crippen LogP contribution in [0.1, 0.15) is 50.3 Å². The molecule has 1 aromatic heterocycles. The molecule has 0 radical (unpaired) electrons. The predicted molar refractivity (Wildman–Crippen MR) is 78.7 cm³/mol. The van der Waals surface area contributed by atoms with Gasteiger partial charge in [0.15, 0.2) is 0 Å². The van der Waals surface area contributed by atoms with Gasteiger partial charge in [0.2, 0.25) is 0 Å². The first-order chi connectivity index (χ1) is 9.57. The van der Waals surface area contributed by atoms with Crippen LogP contribution in [-0.4, -0.2) is 0 Å². The van der Waals surface area contributed by atoms with E-state index in [2.05, 4.69) is 0 Å². The lowest BCUT2D eigenvalue weighted by Gasteiger charge is -2.00. The van der Waals surface area contributed by atoms with Crippen LogP contribution in [0.4, 0.5) is 0 Å². The molecule has 4 heteroatoms. The molecule has 0 aliphatic rings. The standard InChI is InChI=1S/C16H22O4/c1-5-11-9-10-12(6-2)20-16(18)14(8-4)13(7-3)15(17)19-11/h9-10H,5-8H2,1-4H3. The molecule has 0 saturated heterocycles. The fourth-order valence-corrected chi connectivity index (χ4v) is 1.96. The van der Waals surface area contributed by atoms with Crippen molar-refractivity contribution in [2.45, 2.75) is 53.4 Å². The second-order valence-corrected chi connectivity index (χ2v) is 4.42. The van der Waals surface area contributed by atoms with Crippen molar-refractivity contribution in [2.24, 2.45) is 0 Å². The fraction of sp³-hybridized carbons (Fsp3) is 0.500. The summed E-state index contributed by atoms with van der Waals surface area (Å²) in [4.78, 5) is 24.3. The van der Waals surface area contributed by atoms with Crippen LogP contribution in [0.5, 0.6) is 0 Å². The molecular weight excluding hydrogens is 256 g/mol. The zero-order valence-electron chi connectivity index (χ0n) is 12.6. The monoisotopic (exact) mass is 278 g/mol.